The lowest BCUT2D eigenvalue weighted by molar-refractivity contribution is 1.23. The minimum Gasteiger partial charge on any atom is -0.322 e. The molecule has 0 radical (unpaired) electrons. The number of rotatable bonds is 1. The Morgan fingerprint density at radius 1 is 1.13 bits per heavy atom. The molecule has 0 bridgehead atoms. The maximum atomic E-state index is 11.2. The molecule has 0 saturated heterocycles. The molecule has 0 aliphatic heterocycles. The van der Waals surface area contributed by atoms with Crippen LogP contribution >= 0.6 is 11.6 Å². The van der Waals surface area contributed by atoms with Gasteiger partial charge in [0, 0.05) is 22.3 Å². The molecule has 0 atom stereocenters. The number of hydrogen-bond acceptors (Lipinski definition) is 1. The summed E-state index contributed by atoms with van der Waals surface area (Å²) in [5.41, 5.74) is 2.62. The molecule has 1 aromatic carbocycles. The molecule has 0 aliphatic rings. The molecule has 0 unspecified atom stereocenters. The summed E-state index contributed by atoms with van der Waals surface area (Å²) in [5.74, 6) is 0. The lowest BCUT2D eigenvalue weighted by atomic mass is 10.1. The number of aromatic nitrogens is 1. The van der Waals surface area contributed by atoms with E-state index in [1.165, 1.54) is 6.07 Å². The molecule has 1 aromatic heterocycles. The fourth-order valence-corrected chi connectivity index (χ4v) is 1.68. The molecule has 15 heavy (non-hydrogen) atoms. The summed E-state index contributed by atoms with van der Waals surface area (Å²) in [5, 5.41) is 0.706. The number of H-pyrrole nitrogens is 1. The van der Waals surface area contributed by atoms with E-state index in [1.807, 2.05) is 31.2 Å². The second kappa shape index (κ2) is 3.91. The number of pyridine rings is 1. The molecule has 0 amide bonds. The molecule has 2 rings (SSSR count). The van der Waals surface area contributed by atoms with Crippen molar-refractivity contribution in [2.45, 2.75) is 6.92 Å². The number of nitrogens with one attached hydrogen (secondary N) is 1. The van der Waals surface area contributed by atoms with Gasteiger partial charge in [-0.05, 0) is 24.6 Å². The van der Waals surface area contributed by atoms with Gasteiger partial charge in [-0.15, -0.1) is 0 Å². The second-order valence-electron chi connectivity index (χ2n) is 3.34. The first kappa shape index (κ1) is 9.99. The Balaban J connectivity index is 2.64. The van der Waals surface area contributed by atoms with Gasteiger partial charge in [-0.2, -0.15) is 0 Å². The van der Waals surface area contributed by atoms with Crippen LogP contribution in [0.5, 0.6) is 0 Å². The zero-order valence-corrected chi connectivity index (χ0v) is 9.01. The molecule has 1 heterocycles. The van der Waals surface area contributed by atoms with Gasteiger partial charge in [0.15, 0.2) is 0 Å². The summed E-state index contributed by atoms with van der Waals surface area (Å²) in [6, 6.07) is 10.7. The van der Waals surface area contributed by atoms with Crippen LogP contribution in [0.2, 0.25) is 5.02 Å². The van der Waals surface area contributed by atoms with Crippen LogP contribution in [0, 0.1) is 6.92 Å². The molecule has 0 fully saturated rings. The smallest absolute Gasteiger partial charge is 0.248 e. The highest BCUT2D eigenvalue weighted by molar-refractivity contribution is 6.31. The molecule has 3 heteroatoms. The maximum absolute atomic E-state index is 11.2. The predicted octanol–water partition coefficient (Wildman–Crippen LogP) is 3.00. The monoisotopic (exact) mass is 219 g/mol. The lowest BCUT2D eigenvalue weighted by Gasteiger charge is -2.06. The van der Waals surface area contributed by atoms with Crippen LogP contribution in [0.1, 0.15) is 5.56 Å². The van der Waals surface area contributed by atoms with Crippen molar-refractivity contribution >= 4 is 11.6 Å². The first-order valence-corrected chi connectivity index (χ1v) is 5.01. The van der Waals surface area contributed by atoms with Crippen molar-refractivity contribution in [1.82, 2.24) is 4.98 Å². The normalized spacial score (nSPS) is 10.3. The average Bonchev–Trinajstić information content (AvgIpc) is 2.22. The molecule has 2 nitrogen and oxygen atoms in total. The Morgan fingerprint density at radius 3 is 2.60 bits per heavy atom. The van der Waals surface area contributed by atoms with Gasteiger partial charge in [-0.25, -0.2) is 0 Å². The van der Waals surface area contributed by atoms with Gasteiger partial charge in [0.05, 0.1) is 0 Å². The molecule has 2 aromatic rings. The minimum atomic E-state index is -0.105. The van der Waals surface area contributed by atoms with Crippen molar-refractivity contribution in [1.29, 1.82) is 0 Å². The summed E-state index contributed by atoms with van der Waals surface area (Å²) in [7, 11) is 0. The Kier molecular flexibility index (Phi) is 2.60. The van der Waals surface area contributed by atoms with E-state index in [0.29, 0.717) is 5.02 Å². The van der Waals surface area contributed by atoms with Crippen molar-refractivity contribution in [2.75, 3.05) is 0 Å². The molecule has 1 N–H and O–H groups in total. The van der Waals surface area contributed by atoms with Crippen LogP contribution in [0.4, 0.5) is 0 Å². The zero-order valence-electron chi connectivity index (χ0n) is 8.25. The number of aromatic amines is 1. The SMILES string of the molecule is Cc1c(Cl)cccc1-c1cccc(=O)[nH]1. The van der Waals surface area contributed by atoms with Crippen molar-refractivity contribution in [3.05, 3.63) is 57.3 Å². The van der Waals surface area contributed by atoms with E-state index in [-0.39, 0.29) is 5.56 Å². The Bertz CT molecular complexity index is 545. The van der Waals surface area contributed by atoms with Crippen LogP contribution < -0.4 is 5.56 Å². The van der Waals surface area contributed by atoms with E-state index in [0.717, 1.165) is 16.8 Å². The van der Waals surface area contributed by atoms with Gasteiger partial charge in [0.1, 0.15) is 0 Å². The van der Waals surface area contributed by atoms with Gasteiger partial charge >= 0.3 is 0 Å². The summed E-state index contributed by atoms with van der Waals surface area (Å²) in [4.78, 5) is 13.9. The van der Waals surface area contributed by atoms with Crippen LogP contribution in [-0.2, 0) is 0 Å². The highest BCUT2D eigenvalue weighted by Crippen LogP contribution is 2.25. The standard InChI is InChI=1S/C12H10ClNO/c1-8-9(4-2-5-10(8)13)11-6-3-7-12(15)14-11/h2-7H,1H3,(H,14,15). The van der Waals surface area contributed by atoms with Crippen molar-refractivity contribution in [3.8, 4) is 11.3 Å². The number of hydrogen-bond donors (Lipinski definition) is 1. The number of benzene rings is 1. The van der Waals surface area contributed by atoms with Gasteiger partial charge in [-0.3, -0.25) is 4.79 Å². The zero-order chi connectivity index (χ0) is 10.8. The van der Waals surface area contributed by atoms with Crippen molar-refractivity contribution in [3.63, 3.8) is 0 Å². The summed E-state index contributed by atoms with van der Waals surface area (Å²) in [6.07, 6.45) is 0. The lowest BCUT2D eigenvalue weighted by Crippen LogP contribution is -2.04. The first-order chi connectivity index (χ1) is 7.18. The third-order valence-corrected chi connectivity index (χ3v) is 2.74. The van der Waals surface area contributed by atoms with E-state index in [2.05, 4.69) is 4.98 Å². The second-order valence-corrected chi connectivity index (χ2v) is 3.75. The summed E-state index contributed by atoms with van der Waals surface area (Å²) < 4.78 is 0. The number of halogens is 1. The first-order valence-electron chi connectivity index (χ1n) is 4.63. The topological polar surface area (TPSA) is 32.9 Å². The predicted molar refractivity (Wildman–Crippen MR) is 62.2 cm³/mol. The fourth-order valence-electron chi connectivity index (χ4n) is 1.50. The van der Waals surface area contributed by atoms with Crippen molar-refractivity contribution < 1.29 is 0 Å². The highest BCUT2D eigenvalue weighted by atomic mass is 35.5. The van der Waals surface area contributed by atoms with Gasteiger partial charge in [0.2, 0.25) is 5.56 Å². The molecular weight excluding hydrogens is 210 g/mol. The van der Waals surface area contributed by atoms with Gasteiger partial charge in [-0.1, -0.05) is 29.8 Å². The molecular formula is C12H10ClNO. The third kappa shape index (κ3) is 1.95. The minimum absolute atomic E-state index is 0.105. The van der Waals surface area contributed by atoms with Crippen LogP contribution in [0.25, 0.3) is 11.3 Å². The summed E-state index contributed by atoms with van der Waals surface area (Å²) >= 11 is 6.01. The maximum Gasteiger partial charge on any atom is 0.248 e. The molecule has 0 aliphatic carbocycles. The van der Waals surface area contributed by atoms with Crippen LogP contribution in [0.3, 0.4) is 0 Å². The van der Waals surface area contributed by atoms with Crippen LogP contribution in [0.15, 0.2) is 41.2 Å². The fraction of sp³-hybridized carbons (Fsp3) is 0.0833. The summed E-state index contributed by atoms with van der Waals surface area (Å²) in [6.45, 7) is 1.93. The molecule has 0 saturated carbocycles. The van der Waals surface area contributed by atoms with Gasteiger partial charge < -0.3 is 4.98 Å². The van der Waals surface area contributed by atoms with E-state index in [1.54, 1.807) is 6.07 Å². The quantitative estimate of drug-likeness (QED) is 0.786. The van der Waals surface area contributed by atoms with E-state index in [9.17, 15) is 4.79 Å². The van der Waals surface area contributed by atoms with Crippen LogP contribution in [-0.4, -0.2) is 4.98 Å². The van der Waals surface area contributed by atoms with Crippen molar-refractivity contribution in [2.24, 2.45) is 0 Å². The average molecular weight is 220 g/mol. The van der Waals surface area contributed by atoms with E-state index >= 15 is 0 Å². The Morgan fingerprint density at radius 2 is 1.87 bits per heavy atom. The third-order valence-electron chi connectivity index (χ3n) is 2.33. The Labute approximate surface area is 92.5 Å². The van der Waals surface area contributed by atoms with Gasteiger partial charge in [0.25, 0.3) is 0 Å². The van der Waals surface area contributed by atoms with E-state index in [4.69, 9.17) is 11.6 Å². The molecule has 0 spiro atoms. The van der Waals surface area contributed by atoms with E-state index < -0.39 is 0 Å². The largest absolute Gasteiger partial charge is 0.322 e. The molecule has 76 valence electrons. The highest BCUT2D eigenvalue weighted by Gasteiger charge is 2.04. The Hall–Kier alpha value is -1.54.